The van der Waals surface area contributed by atoms with Crippen molar-refractivity contribution in [3.05, 3.63) is 29.8 Å². The Bertz CT molecular complexity index is 417. The Morgan fingerprint density at radius 1 is 1.50 bits per heavy atom. The minimum absolute atomic E-state index is 0.0880. The molecule has 0 radical (unpaired) electrons. The van der Waals surface area contributed by atoms with Gasteiger partial charge in [-0.1, -0.05) is 38.5 Å². The van der Waals surface area contributed by atoms with Crippen LogP contribution in [-0.2, 0) is 4.79 Å². The summed E-state index contributed by atoms with van der Waals surface area (Å²) < 4.78 is 5.59. The van der Waals surface area contributed by atoms with E-state index >= 15 is 0 Å². The van der Waals surface area contributed by atoms with E-state index in [1.807, 2.05) is 31.2 Å². The number of benzene rings is 1. The standard InChI is InChI=1S/C15H21NO2/c1-3-6-11(2)15(17)16-13-9-10-18-14-8-5-4-7-12(13)14/h4-5,7-8,11,13H,3,6,9-10H2,1-2H3,(H,16,17)/t11-,13-/m1/s1. The van der Waals surface area contributed by atoms with Crippen molar-refractivity contribution < 1.29 is 9.53 Å². The SMILES string of the molecule is CCC[C@@H](C)C(=O)N[C@@H]1CCOc2ccccc21. The van der Waals surface area contributed by atoms with Crippen LogP contribution in [-0.4, -0.2) is 12.5 Å². The van der Waals surface area contributed by atoms with Gasteiger partial charge in [0.05, 0.1) is 12.6 Å². The molecule has 1 aromatic rings. The predicted molar refractivity (Wildman–Crippen MR) is 71.5 cm³/mol. The fourth-order valence-corrected chi connectivity index (χ4v) is 2.37. The lowest BCUT2D eigenvalue weighted by molar-refractivity contribution is -0.125. The van der Waals surface area contributed by atoms with Crippen molar-refractivity contribution in [1.29, 1.82) is 0 Å². The second-order valence-electron chi connectivity index (χ2n) is 4.93. The molecule has 1 N–H and O–H groups in total. The van der Waals surface area contributed by atoms with E-state index < -0.39 is 0 Å². The predicted octanol–water partition coefficient (Wildman–Crippen LogP) is 3.06. The van der Waals surface area contributed by atoms with Crippen LogP contribution in [0.5, 0.6) is 5.75 Å². The maximum atomic E-state index is 12.1. The summed E-state index contributed by atoms with van der Waals surface area (Å²) in [6, 6.07) is 8.04. The molecule has 2 atom stereocenters. The summed E-state index contributed by atoms with van der Waals surface area (Å²) in [6.45, 7) is 4.77. The third-order valence-electron chi connectivity index (χ3n) is 3.44. The zero-order valence-electron chi connectivity index (χ0n) is 11.1. The van der Waals surface area contributed by atoms with E-state index in [1.54, 1.807) is 0 Å². The number of para-hydroxylation sites is 1. The van der Waals surface area contributed by atoms with Gasteiger partial charge in [0, 0.05) is 17.9 Å². The highest BCUT2D eigenvalue weighted by Crippen LogP contribution is 2.31. The van der Waals surface area contributed by atoms with Crippen molar-refractivity contribution in [2.24, 2.45) is 5.92 Å². The van der Waals surface area contributed by atoms with Crippen molar-refractivity contribution in [2.45, 2.75) is 39.2 Å². The van der Waals surface area contributed by atoms with Gasteiger partial charge in [-0.15, -0.1) is 0 Å². The highest BCUT2D eigenvalue weighted by molar-refractivity contribution is 5.78. The molecule has 0 unspecified atom stereocenters. The van der Waals surface area contributed by atoms with Crippen molar-refractivity contribution in [1.82, 2.24) is 5.32 Å². The van der Waals surface area contributed by atoms with E-state index in [-0.39, 0.29) is 17.9 Å². The summed E-state index contributed by atoms with van der Waals surface area (Å²) >= 11 is 0. The number of nitrogens with one attached hydrogen (secondary N) is 1. The Labute approximate surface area is 109 Å². The number of rotatable bonds is 4. The van der Waals surface area contributed by atoms with Gasteiger partial charge in [-0.25, -0.2) is 0 Å². The fraction of sp³-hybridized carbons (Fsp3) is 0.533. The van der Waals surface area contributed by atoms with Crippen molar-refractivity contribution in [3.63, 3.8) is 0 Å². The Morgan fingerprint density at radius 3 is 3.06 bits per heavy atom. The van der Waals surface area contributed by atoms with Crippen LogP contribution in [0.2, 0.25) is 0 Å². The van der Waals surface area contributed by atoms with Gasteiger partial charge in [-0.3, -0.25) is 4.79 Å². The smallest absolute Gasteiger partial charge is 0.223 e. The lowest BCUT2D eigenvalue weighted by Crippen LogP contribution is -2.35. The van der Waals surface area contributed by atoms with Gasteiger partial charge in [0.1, 0.15) is 5.75 Å². The van der Waals surface area contributed by atoms with E-state index in [0.717, 1.165) is 30.6 Å². The Morgan fingerprint density at radius 2 is 2.28 bits per heavy atom. The highest BCUT2D eigenvalue weighted by Gasteiger charge is 2.24. The average molecular weight is 247 g/mol. The molecule has 1 aliphatic heterocycles. The van der Waals surface area contributed by atoms with Gasteiger partial charge in [-0.2, -0.15) is 0 Å². The molecule has 98 valence electrons. The van der Waals surface area contributed by atoms with Crippen LogP contribution in [0.15, 0.2) is 24.3 Å². The quantitative estimate of drug-likeness (QED) is 0.888. The molecule has 2 rings (SSSR count). The molecule has 1 aromatic carbocycles. The number of hydrogen-bond acceptors (Lipinski definition) is 2. The minimum atomic E-state index is 0.0880. The van der Waals surface area contributed by atoms with E-state index in [9.17, 15) is 4.79 Å². The molecule has 1 heterocycles. The van der Waals surface area contributed by atoms with Crippen LogP contribution >= 0.6 is 0 Å². The fourth-order valence-electron chi connectivity index (χ4n) is 2.37. The zero-order chi connectivity index (χ0) is 13.0. The molecule has 0 saturated heterocycles. The van der Waals surface area contributed by atoms with Crippen LogP contribution in [0.1, 0.15) is 44.7 Å². The molecule has 0 aromatic heterocycles. The monoisotopic (exact) mass is 247 g/mol. The van der Waals surface area contributed by atoms with Crippen molar-refractivity contribution >= 4 is 5.91 Å². The summed E-state index contributed by atoms with van der Waals surface area (Å²) in [5, 5.41) is 3.14. The van der Waals surface area contributed by atoms with Crippen LogP contribution in [0.25, 0.3) is 0 Å². The van der Waals surface area contributed by atoms with Crippen LogP contribution in [0.4, 0.5) is 0 Å². The lowest BCUT2D eigenvalue weighted by Gasteiger charge is -2.27. The number of carbonyl (C=O) groups is 1. The van der Waals surface area contributed by atoms with Crippen LogP contribution in [0, 0.1) is 5.92 Å². The van der Waals surface area contributed by atoms with Gasteiger partial charge in [0.25, 0.3) is 0 Å². The summed E-state index contributed by atoms with van der Waals surface area (Å²) in [4.78, 5) is 12.1. The first-order chi connectivity index (χ1) is 8.72. The summed E-state index contributed by atoms with van der Waals surface area (Å²) in [6.07, 6.45) is 2.83. The first-order valence-corrected chi connectivity index (χ1v) is 6.74. The van der Waals surface area contributed by atoms with Gasteiger partial charge >= 0.3 is 0 Å². The molecule has 1 aliphatic rings. The largest absolute Gasteiger partial charge is 0.493 e. The number of hydrogen-bond donors (Lipinski definition) is 1. The number of carbonyl (C=O) groups excluding carboxylic acids is 1. The molecule has 0 spiro atoms. The molecule has 3 heteroatoms. The number of ether oxygens (including phenoxy) is 1. The molecule has 1 amide bonds. The Kier molecular flexibility index (Phi) is 4.24. The number of amides is 1. The third kappa shape index (κ3) is 2.84. The lowest BCUT2D eigenvalue weighted by atomic mass is 9.98. The first-order valence-electron chi connectivity index (χ1n) is 6.74. The molecular weight excluding hydrogens is 226 g/mol. The van der Waals surface area contributed by atoms with Gasteiger partial charge < -0.3 is 10.1 Å². The molecule has 0 fully saturated rings. The van der Waals surface area contributed by atoms with Crippen LogP contribution in [0.3, 0.4) is 0 Å². The molecule has 3 nitrogen and oxygen atoms in total. The maximum Gasteiger partial charge on any atom is 0.223 e. The van der Waals surface area contributed by atoms with E-state index in [2.05, 4.69) is 12.2 Å². The minimum Gasteiger partial charge on any atom is -0.493 e. The van der Waals surface area contributed by atoms with E-state index in [0.29, 0.717) is 6.61 Å². The van der Waals surface area contributed by atoms with Gasteiger partial charge in [-0.05, 0) is 12.5 Å². The average Bonchev–Trinajstić information content (AvgIpc) is 2.39. The topological polar surface area (TPSA) is 38.3 Å². The normalized spacial score (nSPS) is 19.6. The zero-order valence-corrected chi connectivity index (χ0v) is 11.1. The first kappa shape index (κ1) is 12.9. The second kappa shape index (κ2) is 5.89. The summed E-state index contributed by atoms with van der Waals surface area (Å²) in [5.74, 6) is 1.14. The van der Waals surface area contributed by atoms with Gasteiger partial charge in [0.15, 0.2) is 0 Å². The van der Waals surface area contributed by atoms with Gasteiger partial charge in [0.2, 0.25) is 5.91 Å². The Hall–Kier alpha value is -1.51. The summed E-state index contributed by atoms with van der Waals surface area (Å²) in [7, 11) is 0. The van der Waals surface area contributed by atoms with Crippen molar-refractivity contribution in [2.75, 3.05) is 6.61 Å². The Balaban J connectivity index is 2.05. The molecular formula is C15H21NO2. The number of fused-ring (bicyclic) bond motifs is 1. The summed E-state index contributed by atoms with van der Waals surface area (Å²) in [5.41, 5.74) is 1.10. The third-order valence-corrected chi connectivity index (χ3v) is 3.44. The molecule has 0 bridgehead atoms. The van der Waals surface area contributed by atoms with Crippen molar-refractivity contribution in [3.8, 4) is 5.75 Å². The molecule has 0 saturated carbocycles. The highest BCUT2D eigenvalue weighted by atomic mass is 16.5. The van der Waals surface area contributed by atoms with E-state index in [1.165, 1.54) is 0 Å². The van der Waals surface area contributed by atoms with E-state index in [4.69, 9.17) is 4.74 Å². The van der Waals surface area contributed by atoms with Crippen LogP contribution < -0.4 is 10.1 Å². The second-order valence-corrected chi connectivity index (χ2v) is 4.93. The molecule has 0 aliphatic carbocycles. The molecule has 18 heavy (non-hydrogen) atoms. The maximum absolute atomic E-state index is 12.1.